The Morgan fingerprint density at radius 2 is 1.92 bits per heavy atom. The van der Waals surface area contributed by atoms with E-state index in [0.717, 1.165) is 22.0 Å². The molecule has 6 heteroatoms. The number of allylic oxidation sites excluding steroid dienone is 1. The Balaban J connectivity index is 2.32. The molecule has 2 aromatic carbocycles. The molecule has 1 atom stereocenters. The summed E-state index contributed by atoms with van der Waals surface area (Å²) in [5.41, 5.74) is 2.15. The van der Waals surface area contributed by atoms with E-state index in [0.29, 0.717) is 16.4 Å². The van der Waals surface area contributed by atoms with E-state index < -0.39 is 6.04 Å². The molecule has 0 bridgehead atoms. The van der Waals surface area contributed by atoms with Gasteiger partial charge in [0.25, 0.3) is 0 Å². The molecular weight excluding hydrogens is 336 g/mol. The predicted octanol–water partition coefficient (Wildman–Crippen LogP) is 3.16. The van der Waals surface area contributed by atoms with E-state index in [-0.39, 0.29) is 5.97 Å². The number of ether oxygens (including phenoxy) is 2. The highest BCUT2D eigenvalue weighted by Crippen LogP contribution is 2.39. The zero-order valence-electron chi connectivity index (χ0n) is 14.6. The monoisotopic (exact) mass is 356 g/mol. The molecule has 0 aliphatic carbocycles. The summed E-state index contributed by atoms with van der Waals surface area (Å²) in [6, 6.07) is 11.4. The summed E-state index contributed by atoms with van der Waals surface area (Å²) >= 11 is 5.45. The van der Waals surface area contributed by atoms with Gasteiger partial charge in [0.15, 0.2) is 5.11 Å². The van der Waals surface area contributed by atoms with Gasteiger partial charge in [0, 0.05) is 18.3 Å². The van der Waals surface area contributed by atoms with Crippen molar-refractivity contribution in [2.75, 3.05) is 21.3 Å². The molecule has 1 aliphatic rings. The van der Waals surface area contributed by atoms with Crippen molar-refractivity contribution in [1.29, 1.82) is 0 Å². The summed E-state index contributed by atoms with van der Waals surface area (Å²) in [5.74, 6) is 0.303. The summed E-state index contributed by atoms with van der Waals surface area (Å²) in [6.07, 6.45) is 0. The Kier molecular flexibility index (Phi) is 4.63. The molecule has 1 N–H and O–H groups in total. The zero-order chi connectivity index (χ0) is 18.1. The van der Waals surface area contributed by atoms with Crippen molar-refractivity contribution in [3.63, 3.8) is 0 Å². The molecule has 0 aromatic heterocycles. The normalized spacial score (nSPS) is 17.5. The molecule has 0 saturated carbocycles. The van der Waals surface area contributed by atoms with Crippen LogP contribution in [0.5, 0.6) is 5.75 Å². The van der Waals surface area contributed by atoms with Gasteiger partial charge in [-0.1, -0.05) is 30.3 Å². The van der Waals surface area contributed by atoms with E-state index in [2.05, 4.69) is 5.32 Å². The molecule has 130 valence electrons. The smallest absolute Gasteiger partial charge is 0.337 e. The van der Waals surface area contributed by atoms with E-state index in [1.165, 1.54) is 7.11 Å². The number of hydrogen-bond acceptors (Lipinski definition) is 4. The number of nitrogens with zero attached hydrogens (tertiary/aromatic N) is 1. The molecule has 0 saturated heterocycles. The molecule has 0 spiro atoms. The van der Waals surface area contributed by atoms with E-state index in [1.807, 2.05) is 50.4 Å². The fourth-order valence-electron chi connectivity index (χ4n) is 3.18. The fraction of sp³-hybridized carbons (Fsp3) is 0.263. The lowest BCUT2D eigenvalue weighted by atomic mass is 9.90. The average molecular weight is 356 g/mol. The van der Waals surface area contributed by atoms with Gasteiger partial charge < -0.3 is 19.7 Å². The highest BCUT2D eigenvalue weighted by Gasteiger charge is 2.35. The molecule has 2 aromatic rings. The van der Waals surface area contributed by atoms with E-state index in [9.17, 15) is 4.79 Å². The number of esters is 1. The second kappa shape index (κ2) is 6.72. The Morgan fingerprint density at radius 3 is 2.60 bits per heavy atom. The first-order valence-electron chi connectivity index (χ1n) is 7.88. The number of thiocarbonyl (C=S) groups is 1. The van der Waals surface area contributed by atoms with Crippen molar-refractivity contribution in [2.45, 2.75) is 13.0 Å². The van der Waals surface area contributed by atoms with Crippen molar-refractivity contribution in [3.05, 3.63) is 53.2 Å². The lowest BCUT2D eigenvalue weighted by molar-refractivity contribution is -0.136. The van der Waals surface area contributed by atoms with Gasteiger partial charge in [0.1, 0.15) is 5.75 Å². The Morgan fingerprint density at radius 1 is 1.20 bits per heavy atom. The number of fused-ring (bicyclic) bond motifs is 1. The molecule has 0 amide bonds. The number of rotatable bonds is 3. The van der Waals surface area contributed by atoms with Crippen LogP contribution in [0, 0.1) is 0 Å². The van der Waals surface area contributed by atoms with Crippen LogP contribution in [-0.2, 0) is 9.53 Å². The molecule has 25 heavy (non-hydrogen) atoms. The predicted molar refractivity (Wildman–Crippen MR) is 101 cm³/mol. The van der Waals surface area contributed by atoms with Crippen LogP contribution in [0.25, 0.3) is 10.8 Å². The van der Waals surface area contributed by atoms with E-state index in [4.69, 9.17) is 21.7 Å². The van der Waals surface area contributed by atoms with Crippen LogP contribution < -0.4 is 10.1 Å². The van der Waals surface area contributed by atoms with Crippen molar-refractivity contribution >= 4 is 34.1 Å². The van der Waals surface area contributed by atoms with Gasteiger partial charge >= 0.3 is 5.97 Å². The summed E-state index contributed by atoms with van der Waals surface area (Å²) in [7, 11) is 4.83. The van der Waals surface area contributed by atoms with Crippen molar-refractivity contribution in [1.82, 2.24) is 10.2 Å². The van der Waals surface area contributed by atoms with Crippen LogP contribution in [0.2, 0.25) is 0 Å². The van der Waals surface area contributed by atoms with Crippen LogP contribution in [0.1, 0.15) is 18.5 Å². The van der Waals surface area contributed by atoms with E-state index >= 15 is 0 Å². The van der Waals surface area contributed by atoms with Crippen LogP contribution in [0.15, 0.2) is 47.7 Å². The van der Waals surface area contributed by atoms with Gasteiger partial charge in [-0.05, 0) is 36.0 Å². The summed E-state index contributed by atoms with van der Waals surface area (Å²) in [4.78, 5) is 14.3. The topological polar surface area (TPSA) is 50.8 Å². The third-order valence-corrected chi connectivity index (χ3v) is 4.99. The minimum atomic E-state index is -0.447. The molecule has 1 aliphatic heterocycles. The molecular formula is C19H20N2O3S. The molecule has 0 unspecified atom stereocenters. The standard InChI is InChI=1S/C19H20N2O3S/c1-11-15(18(22)24-4)17(20-19(25)21(11)2)16-13-8-6-5-7-12(13)9-10-14(16)23-3/h5-10,17H,1-4H3,(H,20,25)/t17-/m1/s1. The number of benzene rings is 2. The molecule has 1 heterocycles. The first-order chi connectivity index (χ1) is 12.0. The lowest BCUT2D eigenvalue weighted by Gasteiger charge is -2.36. The fourth-order valence-corrected chi connectivity index (χ4v) is 3.43. The molecule has 0 fully saturated rings. The summed E-state index contributed by atoms with van der Waals surface area (Å²) in [5, 5.41) is 5.87. The van der Waals surface area contributed by atoms with Gasteiger partial charge in [0.2, 0.25) is 0 Å². The lowest BCUT2D eigenvalue weighted by Crippen LogP contribution is -2.46. The zero-order valence-corrected chi connectivity index (χ0v) is 15.4. The minimum Gasteiger partial charge on any atom is -0.496 e. The van der Waals surface area contributed by atoms with Crippen LogP contribution in [-0.4, -0.2) is 37.2 Å². The second-order valence-corrected chi connectivity index (χ2v) is 6.22. The van der Waals surface area contributed by atoms with Gasteiger partial charge in [0.05, 0.1) is 25.8 Å². The number of hydrogen-bond donors (Lipinski definition) is 1. The number of nitrogens with one attached hydrogen (secondary N) is 1. The third kappa shape index (κ3) is 2.82. The molecule has 0 radical (unpaired) electrons. The van der Waals surface area contributed by atoms with Gasteiger partial charge in [-0.3, -0.25) is 0 Å². The SMILES string of the molecule is COC(=O)C1=C(C)N(C)C(=S)N[C@H]1c1c(OC)ccc2ccccc12. The van der Waals surface area contributed by atoms with Crippen molar-refractivity contribution < 1.29 is 14.3 Å². The van der Waals surface area contributed by atoms with Gasteiger partial charge in [-0.15, -0.1) is 0 Å². The number of methoxy groups -OCH3 is 2. The Labute approximate surface area is 152 Å². The largest absolute Gasteiger partial charge is 0.496 e. The third-order valence-electron chi connectivity index (χ3n) is 4.60. The van der Waals surface area contributed by atoms with Gasteiger partial charge in [-0.2, -0.15) is 0 Å². The van der Waals surface area contributed by atoms with Crippen molar-refractivity contribution in [2.24, 2.45) is 0 Å². The highest BCUT2D eigenvalue weighted by atomic mass is 32.1. The Hall–Kier alpha value is -2.60. The van der Waals surface area contributed by atoms with E-state index in [1.54, 1.807) is 12.0 Å². The molecule has 5 nitrogen and oxygen atoms in total. The summed E-state index contributed by atoms with van der Waals surface area (Å²) in [6.45, 7) is 1.87. The second-order valence-electron chi connectivity index (χ2n) is 5.83. The van der Waals surface area contributed by atoms with Crippen LogP contribution >= 0.6 is 12.2 Å². The molecule has 3 rings (SSSR count). The number of carbonyl (C=O) groups excluding carboxylic acids is 1. The maximum absolute atomic E-state index is 12.5. The Bertz CT molecular complexity index is 891. The van der Waals surface area contributed by atoms with Gasteiger partial charge in [-0.25, -0.2) is 4.79 Å². The quantitative estimate of drug-likeness (QED) is 0.673. The first-order valence-corrected chi connectivity index (χ1v) is 8.29. The summed E-state index contributed by atoms with van der Waals surface area (Å²) < 4.78 is 10.6. The highest BCUT2D eigenvalue weighted by molar-refractivity contribution is 7.80. The minimum absolute atomic E-state index is 0.390. The average Bonchev–Trinajstić information content (AvgIpc) is 2.64. The van der Waals surface area contributed by atoms with Crippen LogP contribution in [0.4, 0.5) is 0 Å². The number of carbonyl (C=O) groups is 1. The maximum Gasteiger partial charge on any atom is 0.337 e. The maximum atomic E-state index is 12.5. The van der Waals surface area contributed by atoms with Crippen molar-refractivity contribution in [3.8, 4) is 5.75 Å². The first kappa shape index (κ1) is 17.2. The van der Waals surface area contributed by atoms with Crippen LogP contribution in [0.3, 0.4) is 0 Å².